The zero-order valence-corrected chi connectivity index (χ0v) is 11.0. The third-order valence-electron chi connectivity index (χ3n) is 2.74. The molecular weight excluding hydrogens is 262 g/mol. The van der Waals surface area contributed by atoms with Crippen molar-refractivity contribution in [2.75, 3.05) is 6.61 Å². The Kier molecular flexibility index (Phi) is 4.45. The molecule has 0 spiro atoms. The van der Waals surface area contributed by atoms with Crippen molar-refractivity contribution in [3.63, 3.8) is 0 Å². The van der Waals surface area contributed by atoms with Crippen LogP contribution in [0.2, 0.25) is 0 Å². The number of benzene rings is 2. The normalized spacial score (nSPS) is 10.3. The summed E-state index contributed by atoms with van der Waals surface area (Å²) in [6.45, 7) is 2.52. The van der Waals surface area contributed by atoms with Crippen molar-refractivity contribution in [2.24, 2.45) is 0 Å². The van der Waals surface area contributed by atoms with Crippen molar-refractivity contribution in [1.29, 1.82) is 0 Å². The van der Waals surface area contributed by atoms with E-state index >= 15 is 0 Å². The lowest BCUT2D eigenvalue weighted by molar-refractivity contribution is 0.103. The van der Waals surface area contributed by atoms with E-state index < -0.39 is 17.4 Å². The number of ether oxygens (including phenoxy) is 1. The second-order valence-electron chi connectivity index (χ2n) is 4.33. The van der Waals surface area contributed by atoms with Gasteiger partial charge in [0.15, 0.2) is 5.78 Å². The summed E-state index contributed by atoms with van der Waals surface area (Å²) in [4.78, 5) is 12.2. The highest BCUT2D eigenvalue weighted by Gasteiger charge is 2.15. The van der Waals surface area contributed by atoms with Crippen LogP contribution in [-0.4, -0.2) is 12.4 Å². The molecule has 0 N–H and O–H groups in total. The topological polar surface area (TPSA) is 26.3 Å². The number of carbonyl (C=O) groups is 1. The molecule has 0 aliphatic rings. The quantitative estimate of drug-likeness (QED) is 0.772. The van der Waals surface area contributed by atoms with E-state index in [1.54, 1.807) is 24.3 Å². The minimum Gasteiger partial charge on any atom is -0.494 e. The maximum Gasteiger partial charge on any atom is 0.196 e. The van der Waals surface area contributed by atoms with Gasteiger partial charge >= 0.3 is 0 Å². The molecule has 4 heteroatoms. The fraction of sp³-hybridized carbons (Fsp3) is 0.188. The molecule has 0 bridgehead atoms. The predicted octanol–water partition coefficient (Wildman–Crippen LogP) is 3.98. The number of hydrogen-bond donors (Lipinski definition) is 0. The van der Waals surface area contributed by atoms with Gasteiger partial charge in [-0.05, 0) is 30.7 Å². The average Bonchev–Trinajstić information content (AvgIpc) is 2.45. The van der Waals surface area contributed by atoms with Crippen LogP contribution in [0.4, 0.5) is 8.78 Å². The first-order chi connectivity index (χ1) is 9.61. The number of hydrogen-bond acceptors (Lipinski definition) is 2. The Balaban J connectivity index is 2.28. The number of carbonyl (C=O) groups excluding carboxylic acids is 1. The molecule has 2 nitrogen and oxygen atoms in total. The van der Waals surface area contributed by atoms with Crippen molar-refractivity contribution in [2.45, 2.75) is 13.3 Å². The monoisotopic (exact) mass is 276 g/mol. The predicted molar refractivity (Wildman–Crippen MR) is 72.0 cm³/mol. The van der Waals surface area contributed by atoms with Gasteiger partial charge in [-0.25, -0.2) is 8.78 Å². The van der Waals surface area contributed by atoms with Crippen LogP contribution in [0.5, 0.6) is 5.75 Å². The molecule has 0 unspecified atom stereocenters. The largest absolute Gasteiger partial charge is 0.494 e. The molecule has 0 heterocycles. The van der Waals surface area contributed by atoms with Crippen molar-refractivity contribution in [1.82, 2.24) is 0 Å². The highest BCUT2D eigenvalue weighted by Crippen LogP contribution is 2.19. The maximum atomic E-state index is 13.6. The summed E-state index contributed by atoms with van der Waals surface area (Å²) >= 11 is 0. The zero-order chi connectivity index (χ0) is 14.5. The Morgan fingerprint density at radius 3 is 2.65 bits per heavy atom. The first-order valence-corrected chi connectivity index (χ1v) is 6.34. The molecular formula is C16H14F2O2. The third-order valence-corrected chi connectivity index (χ3v) is 2.74. The van der Waals surface area contributed by atoms with Gasteiger partial charge in [0.25, 0.3) is 0 Å². The van der Waals surface area contributed by atoms with Gasteiger partial charge in [0, 0.05) is 11.6 Å². The van der Waals surface area contributed by atoms with Crippen molar-refractivity contribution in [3.05, 3.63) is 65.2 Å². The Morgan fingerprint density at radius 1 is 1.15 bits per heavy atom. The summed E-state index contributed by atoms with van der Waals surface area (Å²) in [5.41, 5.74) is 0.156. The van der Waals surface area contributed by atoms with Crippen LogP contribution >= 0.6 is 0 Å². The molecule has 104 valence electrons. The first-order valence-electron chi connectivity index (χ1n) is 6.34. The molecule has 0 aliphatic heterocycles. The molecule has 0 amide bonds. The smallest absolute Gasteiger partial charge is 0.196 e. The van der Waals surface area contributed by atoms with Crippen LogP contribution in [0.1, 0.15) is 29.3 Å². The Bertz CT molecular complexity index is 624. The van der Waals surface area contributed by atoms with Gasteiger partial charge in [-0.3, -0.25) is 4.79 Å². The number of rotatable bonds is 5. The first kappa shape index (κ1) is 14.2. The molecule has 0 aromatic heterocycles. The molecule has 0 saturated heterocycles. The third kappa shape index (κ3) is 3.20. The van der Waals surface area contributed by atoms with Crippen molar-refractivity contribution in [3.8, 4) is 5.75 Å². The second kappa shape index (κ2) is 6.28. The Hall–Kier alpha value is -2.23. The number of ketones is 1. The standard InChI is InChI=1S/C16H14F2O2/c1-2-8-20-13-5-3-4-11(9-13)16(19)14-7-6-12(17)10-15(14)18/h3-7,9-10H,2,8H2,1H3. The maximum absolute atomic E-state index is 13.6. The molecule has 0 saturated carbocycles. The van der Waals surface area contributed by atoms with E-state index in [9.17, 15) is 13.6 Å². The van der Waals surface area contributed by atoms with E-state index in [-0.39, 0.29) is 5.56 Å². The highest BCUT2D eigenvalue weighted by atomic mass is 19.1. The van der Waals surface area contributed by atoms with E-state index in [0.717, 1.165) is 18.6 Å². The summed E-state index contributed by atoms with van der Waals surface area (Å²) in [6.07, 6.45) is 0.852. The summed E-state index contributed by atoms with van der Waals surface area (Å²) in [7, 11) is 0. The summed E-state index contributed by atoms with van der Waals surface area (Å²) < 4.78 is 31.9. The lowest BCUT2D eigenvalue weighted by atomic mass is 10.0. The molecule has 2 rings (SSSR count). The summed E-state index contributed by atoms with van der Waals surface area (Å²) in [5, 5.41) is 0. The zero-order valence-electron chi connectivity index (χ0n) is 11.0. The van der Waals surface area contributed by atoms with Crippen molar-refractivity contribution >= 4 is 5.78 Å². The van der Waals surface area contributed by atoms with E-state index in [2.05, 4.69) is 0 Å². The van der Waals surface area contributed by atoms with Gasteiger partial charge in [-0.2, -0.15) is 0 Å². The SMILES string of the molecule is CCCOc1cccc(C(=O)c2ccc(F)cc2F)c1. The van der Waals surface area contributed by atoms with E-state index in [1.165, 1.54) is 0 Å². The van der Waals surface area contributed by atoms with Crippen molar-refractivity contribution < 1.29 is 18.3 Å². The lowest BCUT2D eigenvalue weighted by Gasteiger charge is -2.07. The van der Waals surface area contributed by atoms with Crippen LogP contribution in [-0.2, 0) is 0 Å². The van der Waals surface area contributed by atoms with Gasteiger partial charge in [-0.15, -0.1) is 0 Å². The minimum atomic E-state index is -0.866. The fourth-order valence-corrected chi connectivity index (χ4v) is 1.78. The molecule has 2 aromatic carbocycles. The molecule has 0 atom stereocenters. The van der Waals surface area contributed by atoms with Gasteiger partial charge in [0.05, 0.1) is 12.2 Å². The summed E-state index contributed by atoms with van der Waals surface area (Å²) in [5.74, 6) is -1.52. The molecule has 0 fully saturated rings. The average molecular weight is 276 g/mol. The van der Waals surface area contributed by atoms with Crippen LogP contribution in [0.25, 0.3) is 0 Å². The Labute approximate surface area is 116 Å². The van der Waals surface area contributed by atoms with Crippen LogP contribution < -0.4 is 4.74 Å². The molecule has 0 radical (unpaired) electrons. The van der Waals surface area contributed by atoms with Crippen LogP contribution in [0.15, 0.2) is 42.5 Å². The molecule has 0 aliphatic carbocycles. The van der Waals surface area contributed by atoms with Crippen LogP contribution in [0.3, 0.4) is 0 Å². The van der Waals surface area contributed by atoms with E-state index in [1.807, 2.05) is 6.92 Å². The van der Waals surface area contributed by atoms with Gasteiger partial charge in [0.1, 0.15) is 17.4 Å². The van der Waals surface area contributed by atoms with Gasteiger partial charge in [0.2, 0.25) is 0 Å². The van der Waals surface area contributed by atoms with E-state index in [4.69, 9.17) is 4.74 Å². The minimum absolute atomic E-state index is 0.154. The van der Waals surface area contributed by atoms with Gasteiger partial charge < -0.3 is 4.74 Å². The number of halogens is 2. The summed E-state index contributed by atoms with van der Waals surface area (Å²) in [6, 6.07) is 9.43. The lowest BCUT2D eigenvalue weighted by Crippen LogP contribution is -2.05. The highest BCUT2D eigenvalue weighted by molar-refractivity contribution is 6.09. The van der Waals surface area contributed by atoms with Gasteiger partial charge in [-0.1, -0.05) is 19.1 Å². The second-order valence-corrected chi connectivity index (χ2v) is 4.33. The Morgan fingerprint density at radius 2 is 1.95 bits per heavy atom. The van der Waals surface area contributed by atoms with Crippen LogP contribution in [0, 0.1) is 11.6 Å². The molecule has 2 aromatic rings. The molecule has 20 heavy (non-hydrogen) atoms. The fourth-order valence-electron chi connectivity index (χ4n) is 1.78. The van der Waals surface area contributed by atoms with E-state index in [0.29, 0.717) is 24.0 Å².